The van der Waals surface area contributed by atoms with Crippen LogP contribution >= 0.6 is 0 Å². The molecule has 31 heavy (non-hydrogen) atoms. The van der Waals surface area contributed by atoms with E-state index in [1.54, 1.807) is 48.5 Å². The van der Waals surface area contributed by atoms with Crippen molar-refractivity contribution in [1.29, 1.82) is 0 Å². The van der Waals surface area contributed by atoms with Crippen molar-refractivity contribution in [3.63, 3.8) is 0 Å². The molecule has 1 aliphatic heterocycles. The van der Waals surface area contributed by atoms with E-state index in [9.17, 15) is 22.4 Å². The van der Waals surface area contributed by atoms with Gasteiger partial charge in [0.05, 0.1) is 12.0 Å². The Hall–Kier alpha value is -3.59. The lowest BCUT2D eigenvalue weighted by Crippen LogP contribution is -2.41. The SMILES string of the molecule is O=C(O)Cc1ccc(Oc2cccc(-c3ccc4c(c3)C(F)(F)OC(F)(F)O4)c2)cc1. The summed E-state index contributed by atoms with van der Waals surface area (Å²) < 4.78 is 67.8. The lowest BCUT2D eigenvalue weighted by molar-refractivity contribution is -0.461. The molecule has 0 atom stereocenters. The second-order valence-electron chi connectivity index (χ2n) is 6.74. The van der Waals surface area contributed by atoms with E-state index in [1.165, 1.54) is 6.07 Å². The molecular weight excluding hydrogens is 420 g/mol. The van der Waals surface area contributed by atoms with Crippen molar-refractivity contribution < 1.29 is 41.7 Å². The van der Waals surface area contributed by atoms with Crippen LogP contribution in [0.2, 0.25) is 0 Å². The molecule has 1 N–H and O–H groups in total. The molecule has 4 rings (SSSR count). The van der Waals surface area contributed by atoms with Crippen molar-refractivity contribution >= 4 is 5.97 Å². The molecular formula is C22H14F4O5. The predicted molar refractivity (Wildman–Crippen MR) is 100 cm³/mol. The fourth-order valence-corrected chi connectivity index (χ4v) is 3.10. The zero-order valence-corrected chi connectivity index (χ0v) is 15.7. The van der Waals surface area contributed by atoms with Gasteiger partial charge in [-0.25, -0.2) is 4.74 Å². The molecule has 3 aromatic rings. The maximum Gasteiger partial charge on any atom is 0.540 e. The van der Waals surface area contributed by atoms with Gasteiger partial charge in [-0.3, -0.25) is 4.79 Å². The summed E-state index contributed by atoms with van der Waals surface area (Å²) in [6.07, 6.45) is -8.76. The maximum atomic E-state index is 14.0. The zero-order chi connectivity index (χ0) is 22.2. The van der Waals surface area contributed by atoms with Crippen molar-refractivity contribution in [1.82, 2.24) is 0 Å². The van der Waals surface area contributed by atoms with Crippen LogP contribution in [0.3, 0.4) is 0 Å². The van der Waals surface area contributed by atoms with Crippen LogP contribution in [0.5, 0.6) is 17.2 Å². The summed E-state index contributed by atoms with van der Waals surface area (Å²) in [4.78, 5) is 10.7. The highest BCUT2D eigenvalue weighted by atomic mass is 19.3. The first-order valence-corrected chi connectivity index (χ1v) is 9.00. The highest BCUT2D eigenvalue weighted by Crippen LogP contribution is 2.47. The molecule has 1 heterocycles. The minimum absolute atomic E-state index is 0.113. The standard InChI is InChI=1S/C22H14F4O5/c23-21(24)18-12-15(6-9-19(18)30-22(25,26)31-21)14-2-1-3-17(11-14)29-16-7-4-13(5-8-16)10-20(27)28/h1-9,11-12H,10H2,(H,27,28). The molecule has 0 spiro atoms. The van der Waals surface area contributed by atoms with E-state index in [-0.39, 0.29) is 6.42 Å². The summed E-state index contributed by atoms with van der Waals surface area (Å²) in [7, 11) is 0. The van der Waals surface area contributed by atoms with Crippen molar-refractivity contribution in [3.8, 4) is 28.4 Å². The first kappa shape index (κ1) is 20.7. The third-order valence-electron chi connectivity index (χ3n) is 4.45. The smallest absolute Gasteiger partial charge is 0.481 e. The predicted octanol–water partition coefficient (Wildman–Crippen LogP) is 5.78. The van der Waals surface area contributed by atoms with Gasteiger partial charge < -0.3 is 14.6 Å². The van der Waals surface area contributed by atoms with Gasteiger partial charge in [0.1, 0.15) is 17.2 Å². The molecule has 0 saturated carbocycles. The molecule has 160 valence electrons. The Bertz CT molecular complexity index is 1130. The van der Waals surface area contributed by atoms with Gasteiger partial charge in [0.25, 0.3) is 0 Å². The summed E-state index contributed by atoms with van der Waals surface area (Å²) in [5.74, 6) is -0.769. The Kier molecular flexibility index (Phi) is 5.06. The van der Waals surface area contributed by atoms with Crippen molar-refractivity contribution in [2.24, 2.45) is 0 Å². The topological polar surface area (TPSA) is 65.0 Å². The summed E-state index contributed by atoms with van der Waals surface area (Å²) in [5.41, 5.74) is 0.615. The molecule has 5 nitrogen and oxygen atoms in total. The molecule has 0 amide bonds. The number of hydrogen-bond donors (Lipinski definition) is 1. The maximum absolute atomic E-state index is 14.0. The van der Waals surface area contributed by atoms with Gasteiger partial charge in [-0.2, -0.15) is 8.78 Å². The highest BCUT2D eigenvalue weighted by Gasteiger charge is 2.54. The van der Waals surface area contributed by atoms with Gasteiger partial charge in [0, 0.05) is 0 Å². The molecule has 1 aliphatic rings. The highest BCUT2D eigenvalue weighted by molar-refractivity contribution is 5.70. The molecule has 0 aliphatic carbocycles. The van der Waals surface area contributed by atoms with Crippen LogP contribution < -0.4 is 9.47 Å². The van der Waals surface area contributed by atoms with Crippen molar-refractivity contribution in [2.45, 2.75) is 18.8 Å². The monoisotopic (exact) mass is 434 g/mol. The summed E-state index contributed by atoms with van der Waals surface area (Å²) in [5, 5.41) is 8.81. The normalized spacial score (nSPS) is 16.1. The van der Waals surface area contributed by atoms with Crippen LogP contribution in [0.4, 0.5) is 17.6 Å². The number of alkyl halides is 4. The molecule has 0 aromatic heterocycles. The van der Waals surface area contributed by atoms with E-state index in [4.69, 9.17) is 9.84 Å². The van der Waals surface area contributed by atoms with Gasteiger partial charge in [-0.05, 0) is 53.1 Å². The number of fused-ring (bicyclic) bond motifs is 1. The number of rotatable bonds is 5. The number of ether oxygens (including phenoxy) is 3. The Morgan fingerprint density at radius 3 is 2.32 bits per heavy atom. The van der Waals surface area contributed by atoms with E-state index in [0.717, 1.165) is 12.1 Å². The van der Waals surface area contributed by atoms with Crippen LogP contribution in [0.15, 0.2) is 66.7 Å². The lowest BCUT2D eigenvalue weighted by atomic mass is 10.0. The molecule has 0 bridgehead atoms. The van der Waals surface area contributed by atoms with Gasteiger partial charge in [0.15, 0.2) is 0 Å². The van der Waals surface area contributed by atoms with Gasteiger partial charge in [-0.1, -0.05) is 30.3 Å². The van der Waals surface area contributed by atoms with E-state index in [2.05, 4.69) is 9.47 Å². The van der Waals surface area contributed by atoms with Crippen LogP contribution in [-0.4, -0.2) is 17.4 Å². The molecule has 3 aromatic carbocycles. The number of carboxylic acids is 1. The fourth-order valence-electron chi connectivity index (χ4n) is 3.10. The third kappa shape index (κ3) is 4.61. The molecule has 9 heteroatoms. The fraction of sp³-hybridized carbons (Fsp3) is 0.136. The first-order valence-electron chi connectivity index (χ1n) is 9.00. The van der Waals surface area contributed by atoms with Crippen LogP contribution in [-0.2, 0) is 22.1 Å². The van der Waals surface area contributed by atoms with E-state index >= 15 is 0 Å². The number of benzene rings is 3. The Balaban J connectivity index is 1.58. The van der Waals surface area contributed by atoms with E-state index < -0.39 is 29.7 Å². The minimum atomic E-state index is -4.42. The second-order valence-corrected chi connectivity index (χ2v) is 6.74. The number of carbonyl (C=O) groups is 1. The van der Waals surface area contributed by atoms with Crippen LogP contribution in [0.1, 0.15) is 11.1 Å². The Morgan fingerprint density at radius 2 is 1.61 bits per heavy atom. The number of carboxylic acid groups (broad SMARTS) is 1. The van der Waals surface area contributed by atoms with Crippen molar-refractivity contribution in [3.05, 3.63) is 77.9 Å². The summed E-state index contributed by atoms with van der Waals surface area (Å²) in [6, 6.07) is 16.4. The molecule has 0 unspecified atom stereocenters. The van der Waals surface area contributed by atoms with E-state index in [0.29, 0.717) is 28.2 Å². The molecule has 0 fully saturated rings. The average Bonchev–Trinajstić information content (AvgIpc) is 2.68. The quantitative estimate of drug-likeness (QED) is 0.516. The number of halogens is 4. The third-order valence-corrected chi connectivity index (χ3v) is 4.45. The molecule has 0 radical (unpaired) electrons. The molecule has 0 saturated heterocycles. The first-order chi connectivity index (χ1) is 14.6. The van der Waals surface area contributed by atoms with Crippen molar-refractivity contribution in [2.75, 3.05) is 0 Å². The van der Waals surface area contributed by atoms with Gasteiger partial charge in [0.2, 0.25) is 0 Å². The Morgan fingerprint density at radius 1 is 0.903 bits per heavy atom. The summed E-state index contributed by atoms with van der Waals surface area (Å²) in [6.45, 7) is 0. The van der Waals surface area contributed by atoms with Gasteiger partial charge >= 0.3 is 18.4 Å². The minimum Gasteiger partial charge on any atom is -0.481 e. The largest absolute Gasteiger partial charge is 0.540 e. The second kappa shape index (κ2) is 7.59. The van der Waals surface area contributed by atoms with Crippen LogP contribution in [0.25, 0.3) is 11.1 Å². The summed E-state index contributed by atoms with van der Waals surface area (Å²) >= 11 is 0. The number of hydrogen-bond acceptors (Lipinski definition) is 4. The Labute approximate surface area is 173 Å². The number of aliphatic carboxylic acids is 1. The van der Waals surface area contributed by atoms with Crippen LogP contribution in [0, 0.1) is 0 Å². The lowest BCUT2D eigenvalue weighted by Gasteiger charge is -2.30. The zero-order valence-electron chi connectivity index (χ0n) is 15.7. The average molecular weight is 434 g/mol. The van der Waals surface area contributed by atoms with E-state index in [1.807, 2.05) is 0 Å². The van der Waals surface area contributed by atoms with Gasteiger partial charge in [-0.15, -0.1) is 8.78 Å².